The molecule has 0 saturated heterocycles. The first-order valence-corrected chi connectivity index (χ1v) is 22.4. The van der Waals surface area contributed by atoms with E-state index in [1.165, 1.54) is 89.9 Å². The Labute approximate surface area is 321 Å². The summed E-state index contributed by atoms with van der Waals surface area (Å²) in [5.41, 5.74) is 0. The molecule has 0 aliphatic carbocycles. The molecule has 3 atom stereocenters. The lowest BCUT2D eigenvalue weighted by molar-refractivity contribution is -0.147. The maximum absolute atomic E-state index is 12.3. The topological polar surface area (TPSA) is 169 Å². The summed E-state index contributed by atoms with van der Waals surface area (Å²) in [5, 5.41) is 21.8. The van der Waals surface area contributed by atoms with Gasteiger partial charge in [0, 0.05) is 12.8 Å². The molecule has 0 radical (unpaired) electrons. The number of phosphoric acid groups is 1. The Bertz CT molecular complexity index is 1010. The highest BCUT2D eigenvalue weighted by Gasteiger charge is 2.28. The minimum atomic E-state index is -4.75. The fourth-order valence-electron chi connectivity index (χ4n) is 5.70. The van der Waals surface area contributed by atoms with Gasteiger partial charge < -0.3 is 25.2 Å². The first-order valence-electron chi connectivity index (χ1n) is 20.9. The molecule has 0 fully saturated rings. The Morgan fingerprint density at radius 2 is 1.04 bits per heavy atom. The highest BCUT2D eigenvalue weighted by molar-refractivity contribution is 7.47. The van der Waals surface area contributed by atoms with Crippen molar-refractivity contribution in [1.82, 2.24) is 5.32 Å². The third-order valence-electron chi connectivity index (χ3n) is 8.99. The van der Waals surface area contributed by atoms with Gasteiger partial charge in [-0.25, -0.2) is 9.36 Å². The minimum Gasteiger partial charge on any atom is -0.480 e. The van der Waals surface area contributed by atoms with E-state index >= 15 is 0 Å². The van der Waals surface area contributed by atoms with Crippen LogP contribution >= 0.6 is 7.82 Å². The third kappa shape index (κ3) is 36.7. The van der Waals surface area contributed by atoms with E-state index in [-0.39, 0.29) is 12.8 Å². The molecule has 0 spiro atoms. The number of aliphatic hydroxyl groups excluding tert-OH is 1. The number of aliphatic hydroxyl groups is 1. The van der Waals surface area contributed by atoms with Gasteiger partial charge in [0.1, 0.15) is 12.7 Å². The molecule has 53 heavy (non-hydrogen) atoms. The van der Waals surface area contributed by atoms with Crippen LogP contribution in [0.25, 0.3) is 0 Å². The van der Waals surface area contributed by atoms with E-state index in [4.69, 9.17) is 13.8 Å². The summed E-state index contributed by atoms with van der Waals surface area (Å²) < 4.78 is 26.7. The molecular formula is C41H76NO10P. The number of carbonyl (C=O) groups is 3. The van der Waals surface area contributed by atoms with Crippen LogP contribution < -0.4 is 5.32 Å². The SMILES string of the molecule is CCCCC/C=C\C/C=C\CCCCCCCCCCCC(=O)NC(COP(=O)(O)OCC(O)COC(=O)CCCCCCCCCCCC)C(=O)O. The molecule has 11 nitrogen and oxygen atoms in total. The first-order chi connectivity index (χ1) is 25.6. The molecule has 310 valence electrons. The zero-order chi connectivity index (χ0) is 39.3. The van der Waals surface area contributed by atoms with Crippen molar-refractivity contribution < 1.29 is 47.8 Å². The molecule has 3 unspecified atom stereocenters. The number of hydrogen-bond acceptors (Lipinski definition) is 8. The zero-order valence-corrected chi connectivity index (χ0v) is 34.2. The number of carboxylic acid groups (broad SMARTS) is 1. The van der Waals surface area contributed by atoms with Gasteiger partial charge in [0.25, 0.3) is 0 Å². The van der Waals surface area contributed by atoms with Gasteiger partial charge in [-0.2, -0.15) is 0 Å². The van der Waals surface area contributed by atoms with Gasteiger partial charge in [-0.05, 0) is 44.9 Å². The van der Waals surface area contributed by atoms with E-state index in [9.17, 15) is 34.1 Å². The molecular weight excluding hydrogens is 697 g/mol. The average Bonchev–Trinajstić information content (AvgIpc) is 3.13. The van der Waals surface area contributed by atoms with E-state index in [0.717, 1.165) is 57.8 Å². The Hall–Kier alpha value is -2.04. The summed E-state index contributed by atoms with van der Waals surface area (Å²) in [4.78, 5) is 45.8. The summed E-state index contributed by atoms with van der Waals surface area (Å²) in [6, 6.07) is -1.55. The van der Waals surface area contributed by atoms with Crippen LogP contribution in [0, 0.1) is 0 Å². The standard InChI is InChI=1S/C41H76NO10P/c1-3-5-7-9-11-13-15-16-17-18-19-20-21-22-23-24-26-28-30-32-39(44)42-38(41(46)47)36-52-53(48,49)51-35-37(43)34-50-40(45)33-31-29-27-25-14-12-10-8-6-4-2/h11,13,16-17,37-38,43H,3-10,12,14-15,18-36H2,1-2H3,(H,42,44)(H,46,47)(H,48,49)/b13-11-,17-16-. The first kappa shape index (κ1) is 51.0. The number of hydrogen-bond donors (Lipinski definition) is 4. The lowest BCUT2D eigenvalue weighted by Gasteiger charge is -2.18. The molecule has 0 bridgehead atoms. The van der Waals surface area contributed by atoms with Crippen LogP contribution in [0.2, 0.25) is 0 Å². The van der Waals surface area contributed by atoms with Crippen LogP contribution in [-0.2, 0) is 32.7 Å². The fourth-order valence-corrected chi connectivity index (χ4v) is 6.47. The second-order valence-corrected chi connectivity index (χ2v) is 15.6. The van der Waals surface area contributed by atoms with Crippen molar-refractivity contribution in [3.8, 4) is 0 Å². The maximum atomic E-state index is 12.3. The zero-order valence-electron chi connectivity index (χ0n) is 33.3. The van der Waals surface area contributed by atoms with Gasteiger partial charge in [0.15, 0.2) is 6.04 Å². The van der Waals surface area contributed by atoms with Crippen molar-refractivity contribution in [2.75, 3.05) is 19.8 Å². The van der Waals surface area contributed by atoms with E-state index in [2.05, 4.69) is 43.5 Å². The number of phosphoric ester groups is 1. The largest absolute Gasteiger partial charge is 0.480 e. The number of aliphatic carboxylic acids is 1. The van der Waals surface area contributed by atoms with Crippen LogP contribution in [0.3, 0.4) is 0 Å². The third-order valence-corrected chi connectivity index (χ3v) is 9.94. The van der Waals surface area contributed by atoms with Gasteiger partial charge >= 0.3 is 19.8 Å². The lowest BCUT2D eigenvalue weighted by Crippen LogP contribution is -2.43. The predicted molar refractivity (Wildman–Crippen MR) is 213 cm³/mol. The van der Waals surface area contributed by atoms with Crippen molar-refractivity contribution in [3.05, 3.63) is 24.3 Å². The minimum absolute atomic E-state index is 0.142. The normalized spacial score (nSPS) is 14.0. The number of unbranched alkanes of at least 4 members (excludes halogenated alkanes) is 21. The second kappa shape index (κ2) is 36.9. The highest BCUT2D eigenvalue weighted by atomic mass is 31.2. The number of amides is 1. The summed E-state index contributed by atoms with van der Waals surface area (Å²) in [5.74, 6) is -2.38. The molecule has 0 aliphatic rings. The number of ether oxygens (including phenoxy) is 1. The monoisotopic (exact) mass is 774 g/mol. The number of nitrogens with one attached hydrogen (secondary N) is 1. The van der Waals surface area contributed by atoms with Gasteiger partial charge in [-0.15, -0.1) is 0 Å². The molecule has 4 N–H and O–H groups in total. The molecule has 0 aromatic heterocycles. The Balaban J connectivity index is 3.92. The molecule has 1 amide bonds. The van der Waals surface area contributed by atoms with Gasteiger partial charge in [0.2, 0.25) is 5.91 Å². The van der Waals surface area contributed by atoms with E-state index in [1.807, 2.05) is 0 Å². The van der Waals surface area contributed by atoms with Crippen LogP contribution in [0.1, 0.15) is 187 Å². The van der Waals surface area contributed by atoms with Crippen LogP contribution in [0.5, 0.6) is 0 Å². The molecule has 0 heterocycles. The quantitative estimate of drug-likeness (QED) is 0.0204. The van der Waals surface area contributed by atoms with Crippen molar-refractivity contribution in [2.45, 2.75) is 199 Å². The smallest absolute Gasteiger partial charge is 0.472 e. The number of carboxylic acids is 1. The van der Waals surface area contributed by atoms with Crippen LogP contribution in [0.4, 0.5) is 0 Å². The molecule has 12 heteroatoms. The number of esters is 1. The van der Waals surface area contributed by atoms with Crippen LogP contribution in [-0.4, -0.2) is 64.9 Å². The summed E-state index contributed by atoms with van der Waals surface area (Å²) >= 11 is 0. The highest BCUT2D eigenvalue weighted by Crippen LogP contribution is 2.43. The van der Waals surface area contributed by atoms with Crippen molar-refractivity contribution in [3.63, 3.8) is 0 Å². The summed E-state index contributed by atoms with van der Waals surface area (Å²) in [6.45, 7) is 2.54. The molecule has 0 saturated carbocycles. The van der Waals surface area contributed by atoms with E-state index in [0.29, 0.717) is 12.8 Å². The predicted octanol–water partition coefficient (Wildman–Crippen LogP) is 10.3. The molecule has 0 aromatic carbocycles. The van der Waals surface area contributed by atoms with E-state index in [1.54, 1.807) is 0 Å². The maximum Gasteiger partial charge on any atom is 0.472 e. The number of rotatable bonds is 39. The Morgan fingerprint density at radius 3 is 1.57 bits per heavy atom. The number of carbonyl (C=O) groups excluding carboxylic acids is 2. The van der Waals surface area contributed by atoms with Crippen LogP contribution in [0.15, 0.2) is 24.3 Å². The summed E-state index contributed by atoms with van der Waals surface area (Å²) in [7, 11) is -4.75. The molecule has 0 aliphatic heterocycles. The summed E-state index contributed by atoms with van der Waals surface area (Å²) in [6.07, 6.45) is 36.3. The van der Waals surface area contributed by atoms with Crippen molar-refractivity contribution in [1.29, 1.82) is 0 Å². The lowest BCUT2D eigenvalue weighted by atomic mass is 10.1. The van der Waals surface area contributed by atoms with Crippen molar-refractivity contribution in [2.24, 2.45) is 0 Å². The molecule has 0 rings (SSSR count). The average molecular weight is 774 g/mol. The number of allylic oxidation sites excluding steroid dienone is 4. The molecule has 0 aromatic rings. The van der Waals surface area contributed by atoms with E-state index < -0.39 is 57.6 Å². The van der Waals surface area contributed by atoms with Gasteiger partial charge in [-0.3, -0.25) is 18.6 Å². The van der Waals surface area contributed by atoms with Gasteiger partial charge in [0.05, 0.1) is 13.2 Å². The second-order valence-electron chi connectivity index (χ2n) is 14.2. The Kier molecular flexibility index (Phi) is 35.5. The Morgan fingerprint density at radius 1 is 0.604 bits per heavy atom. The fraction of sp³-hybridized carbons (Fsp3) is 0.829. The van der Waals surface area contributed by atoms with Gasteiger partial charge in [-0.1, -0.05) is 154 Å². The van der Waals surface area contributed by atoms with Crippen molar-refractivity contribution >= 4 is 25.7 Å².